The van der Waals surface area contributed by atoms with Gasteiger partial charge >= 0.3 is 6.18 Å². The summed E-state index contributed by atoms with van der Waals surface area (Å²) >= 11 is 0. The summed E-state index contributed by atoms with van der Waals surface area (Å²) in [7, 11) is 0. The van der Waals surface area contributed by atoms with Crippen molar-refractivity contribution in [1.29, 1.82) is 0 Å². The van der Waals surface area contributed by atoms with Crippen LogP contribution in [0.15, 0.2) is 22.7 Å². The Hall–Kier alpha value is -1.96. The molecule has 0 saturated carbocycles. The lowest BCUT2D eigenvalue weighted by Crippen LogP contribution is -2.30. The van der Waals surface area contributed by atoms with Crippen molar-refractivity contribution in [2.45, 2.75) is 25.6 Å². The monoisotopic (exact) mass is 290 g/mol. The van der Waals surface area contributed by atoms with Crippen molar-refractivity contribution >= 4 is 0 Å². The zero-order chi connectivity index (χ0) is 14.9. The number of halogens is 4. The maximum absolute atomic E-state index is 13.2. The molecule has 0 amide bonds. The molecule has 1 aromatic heterocycles. The lowest BCUT2D eigenvalue weighted by Gasteiger charge is -2.11. The van der Waals surface area contributed by atoms with Gasteiger partial charge in [-0.1, -0.05) is 5.16 Å². The number of benzene rings is 1. The SMILES string of the molecule is Cc1cc(F)cc(-c2noc(CC(O)C(F)(F)F)n2)c1. The standard InChI is InChI=1S/C12H10F4N2O2/c1-6-2-7(4-8(13)3-6)11-17-10(20-18-11)5-9(19)12(14,15)16/h2-4,9,19H,5H2,1H3. The van der Waals surface area contributed by atoms with Crippen molar-refractivity contribution in [3.8, 4) is 11.4 Å². The Bertz CT molecular complexity index is 589. The summed E-state index contributed by atoms with van der Waals surface area (Å²) < 4.78 is 54.4. The van der Waals surface area contributed by atoms with Crippen LogP contribution in [0.3, 0.4) is 0 Å². The molecule has 8 heteroatoms. The van der Waals surface area contributed by atoms with Gasteiger partial charge in [0.15, 0.2) is 6.10 Å². The van der Waals surface area contributed by atoms with Crippen molar-refractivity contribution in [3.05, 3.63) is 35.5 Å². The van der Waals surface area contributed by atoms with Crippen LogP contribution in [0.1, 0.15) is 11.5 Å². The number of hydrogen-bond acceptors (Lipinski definition) is 4. The molecule has 0 spiro atoms. The van der Waals surface area contributed by atoms with Gasteiger partial charge in [-0.15, -0.1) is 0 Å². The quantitative estimate of drug-likeness (QED) is 0.883. The third-order valence-corrected chi connectivity index (χ3v) is 2.51. The Morgan fingerprint density at radius 3 is 2.60 bits per heavy atom. The molecule has 0 bridgehead atoms. The molecule has 2 aromatic rings. The molecule has 2 rings (SSSR count). The topological polar surface area (TPSA) is 59.2 Å². The lowest BCUT2D eigenvalue weighted by molar-refractivity contribution is -0.204. The Morgan fingerprint density at radius 1 is 1.30 bits per heavy atom. The predicted molar refractivity (Wildman–Crippen MR) is 60.2 cm³/mol. The normalized spacial score (nSPS) is 13.5. The number of alkyl halides is 3. The van der Waals surface area contributed by atoms with E-state index >= 15 is 0 Å². The van der Waals surface area contributed by atoms with E-state index in [1.54, 1.807) is 13.0 Å². The molecular weight excluding hydrogens is 280 g/mol. The van der Waals surface area contributed by atoms with Crippen molar-refractivity contribution in [3.63, 3.8) is 0 Å². The second-order valence-corrected chi connectivity index (χ2v) is 4.29. The van der Waals surface area contributed by atoms with E-state index in [9.17, 15) is 17.6 Å². The first-order valence-electron chi connectivity index (χ1n) is 5.60. The first-order valence-corrected chi connectivity index (χ1v) is 5.60. The van der Waals surface area contributed by atoms with Gasteiger partial charge in [0.25, 0.3) is 0 Å². The summed E-state index contributed by atoms with van der Waals surface area (Å²) in [6.07, 6.45) is -8.18. The fraction of sp³-hybridized carbons (Fsp3) is 0.333. The minimum absolute atomic E-state index is 0.0306. The van der Waals surface area contributed by atoms with Gasteiger partial charge in [-0.2, -0.15) is 18.2 Å². The van der Waals surface area contributed by atoms with E-state index in [1.807, 2.05) is 0 Å². The van der Waals surface area contributed by atoms with E-state index in [2.05, 4.69) is 14.7 Å². The maximum Gasteiger partial charge on any atom is 0.414 e. The van der Waals surface area contributed by atoms with Gasteiger partial charge in [-0.3, -0.25) is 0 Å². The van der Waals surface area contributed by atoms with Crippen LogP contribution >= 0.6 is 0 Å². The molecule has 20 heavy (non-hydrogen) atoms. The highest BCUT2D eigenvalue weighted by atomic mass is 19.4. The van der Waals surface area contributed by atoms with Crippen LogP contribution in [0.5, 0.6) is 0 Å². The number of aryl methyl sites for hydroxylation is 1. The molecule has 1 unspecified atom stereocenters. The summed E-state index contributed by atoms with van der Waals surface area (Å²) in [6, 6.07) is 4.00. The highest BCUT2D eigenvalue weighted by molar-refractivity contribution is 5.55. The van der Waals surface area contributed by atoms with E-state index in [-0.39, 0.29) is 11.7 Å². The van der Waals surface area contributed by atoms with Crippen LogP contribution in [-0.4, -0.2) is 27.5 Å². The van der Waals surface area contributed by atoms with Crippen molar-refractivity contribution in [2.75, 3.05) is 0 Å². The average Bonchev–Trinajstić information content (AvgIpc) is 2.75. The van der Waals surface area contributed by atoms with Crippen molar-refractivity contribution < 1.29 is 27.2 Å². The fourth-order valence-corrected chi connectivity index (χ4v) is 1.60. The van der Waals surface area contributed by atoms with Crippen molar-refractivity contribution in [1.82, 2.24) is 10.1 Å². The number of rotatable bonds is 3. The number of hydrogen-bond donors (Lipinski definition) is 1. The molecule has 0 saturated heterocycles. The molecule has 1 heterocycles. The van der Waals surface area contributed by atoms with Crippen LogP contribution in [0.2, 0.25) is 0 Å². The molecule has 0 aliphatic rings. The molecule has 1 N–H and O–H groups in total. The molecule has 0 radical (unpaired) electrons. The first kappa shape index (κ1) is 14.4. The van der Waals surface area contributed by atoms with Crippen LogP contribution in [-0.2, 0) is 6.42 Å². The number of nitrogens with zero attached hydrogens (tertiary/aromatic N) is 2. The Labute approximate surface area is 111 Å². The second-order valence-electron chi connectivity index (χ2n) is 4.29. The number of aromatic nitrogens is 2. The van der Waals surface area contributed by atoms with E-state index in [0.717, 1.165) is 6.07 Å². The molecule has 4 nitrogen and oxygen atoms in total. The fourth-order valence-electron chi connectivity index (χ4n) is 1.60. The molecule has 1 atom stereocenters. The van der Waals surface area contributed by atoms with Gasteiger partial charge in [0, 0.05) is 5.56 Å². The van der Waals surface area contributed by atoms with Gasteiger partial charge in [0.1, 0.15) is 5.82 Å². The molecule has 0 fully saturated rings. The van der Waals surface area contributed by atoms with Crippen LogP contribution in [0, 0.1) is 12.7 Å². The first-order chi connectivity index (χ1) is 9.25. The van der Waals surface area contributed by atoms with Crippen LogP contribution in [0.4, 0.5) is 17.6 Å². The highest BCUT2D eigenvalue weighted by Gasteiger charge is 2.39. The van der Waals surface area contributed by atoms with Gasteiger partial charge in [0.05, 0.1) is 6.42 Å². The minimum Gasteiger partial charge on any atom is -0.383 e. The molecule has 0 aliphatic carbocycles. The third kappa shape index (κ3) is 3.32. The zero-order valence-electron chi connectivity index (χ0n) is 10.3. The number of aliphatic hydroxyl groups is 1. The Kier molecular flexibility index (Phi) is 3.76. The summed E-state index contributed by atoms with van der Waals surface area (Å²) in [5.41, 5.74) is 0.903. The van der Waals surface area contributed by atoms with E-state index in [1.165, 1.54) is 6.07 Å². The van der Waals surface area contributed by atoms with Gasteiger partial charge in [0.2, 0.25) is 11.7 Å². The maximum atomic E-state index is 13.2. The summed E-state index contributed by atoms with van der Waals surface area (Å²) in [4.78, 5) is 3.71. The molecule has 108 valence electrons. The summed E-state index contributed by atoms with van der Waals surface area (Å²) in [6.45, 7) is 1.65. The summed E-state index contributed by atoms with van der Waals surface area (Å²) in [5.74, 6) is -0.912. The highest BCUT2D eigenvalue weighted by Crippen LogP contribution is 2.24. The second kappa shape index (κ2) is 5.20. The van der Waals surface area contributed by atoms with Gasteiger partial charge in [-0.05, 0) is 30.7 Å². The van der Waals surface area contributed by atoms with E-state index < -0.39 is 24.5 Å². The minimum atomic E-state index is -4.76. The van der Waals surface area contributed by atoms with Crippen LogP contribution < -0.4 is 0 Å². The molecular formula is C12H10F4N2O2. The summed E-state index contributed by atoms with van der Waals surface area (Å²) in [5, 5.41) is 12.4. The van der Waals surface area contributed by atoms with E-state index in [4.69, 9.17) is 5.11 Å². The predicted octanol–water partition coefficient (Wildman–Crippen LogP) is 2.65. The third-order valence-electron chi connectivity index (χ3n) is 2.51. The molecule has 1 aromatic carbocycles. The van der Waals surface area contributed by atoms with Gasteiger partial charge < -0.3 is 9.63 Å². The largest absolute Gasteiger partial charge is 0.414 e. The Morgan fingerprint density at radius 2 is 2.00 bits per heavy atom. The molecule has 0 aliphatic heterocycles. The number of aliphatic hydroxyl groups excluding tert-OH is 1. The Balaban J connectivity index is 2.21. The lowest BCUT2D eigenvalue weighted by atomic mass is 10.1. The van der Waals surface area contributed by atoms with Crippen molar-refractivity contribution in [2.24, 2.45) is 0 Å². The van der Waals surface area contributed by atoms with Gasteiger partial charge in [-0.25, -0.2) is 4.39 Å². The van der Waals surface area contributed by atoms with Crippen LogP contribution in [0.25, 0.3) is 11.4 Å². The van der Waals surface area contributed by atoms with E-state index in [0.29, 0.717) is 11.1 Å². The average molecular weight is 290 g/mol. The zero-order valence-corrected chi connectivity index (χ0v) is 10.3. The smallest absolute Gasteiger partial charge is 0.383 e.